The fourth-order valence-electron chi connectivity index (χ4n) is 3.05. The van der Waals surface area contributed by atoms with Gasteiger partial charge in [0.1, 0.15) is 11.4 Å². The highest BCUT2D eigenvalue weighted by atomic mass is 32.2. The van der Waals surface area contributed by atoms with Crippen LogP contribution in [0, 0.1) is 0 Å². The number of hydrogen-bond donors (Lipinski definition) is 2. The van der Waals surface area contributed by atoms with E-state index >= 15 is 0 Å². The average Bonchev–Trinajstić information content (AvgIpc) is 2.67. The third-order valence-corrected chi connectivity index (χ3v) is 5.44. The van der Waals surface area contributed by atoms with Crippen LogP contribution >= 0.6 is 0 Å². The summed E-state index contributed by atoms with van der Waals surface area (Å²) in [7, 11) is -4.83. The first kappa shape index (κ1) is 25.9. The second-order valence-corrected chi connectivity index (χ2v) is 8.44. The Balaban J connectivity index is 2.69. The molecule has 1 aromatic rings. The van der Waals surface area contributed by atoms with E-state index in [4.69, 9.17) is 9.84 Å². The maximum absolute atomic E-state index is 12.6. The molecule has 1 aromatic carbocycles. The van der Waals surface area contributed by atoms with Gasteiger partial charge in [0.05, 0.1) is 6.61 Å². The van der Waals surface area contributed by atoms with E-state index in [1.54, 1.807) is 6.07 Å². The van der Waals surface area contributed by atoms with Crippen LogP contribution < -0.4 is 9.04 Å². The SMILES string of the molecule is CCCCCCCCCCC(=O)N(c1ccccc1OCCCC(=O)O)S(=O)(=O)O. The lowest BCUT2D eigenvalue weighted by Crippen LogP contribution is -2.36. The van der Waals surface area contributed by atoms with Crippen molar-refractivity contribution >= 4 is 27.9 Å². The largest absolute Gasteiger partial charge is 0.491 e. The number of hydrogen-bond acceptors (Lipinski definition) is 5. The van der Waals surface area contributed by atoms with Crippen molar-refractivity contribution in [2.24, 2.45) is 0 Å². The third-order valence-electron chi connectivity index (χ3n) is 4.58. The van der Waals surface area contributed by atoms with Gasteiger partial charge in [0.15, 0.2) is 0 Å². The van der Waals surface area contributed by atoms with Gasteiger partial charge in [0.25, 0.3) is 0 Å². The maximum Gasteiger partial charge on any atom is 0.366 e. The molecule has 0 aliphatic rings. The Bertz CT molecular complexity index is 764. The fourth-order valence-corrected chi connectivity index (χ4v) is 3.80. The summed E-state index contributed by atoms with van der Waals surface area (Å²) in [6.45, 7) is 2.20. The number of amides is 1. The van der Waals surface area contributed by atoms with E-state index in [1.165, 1.54) is 37.5 Å². The second-order valence-electron chi connectivity index (χ2n) is 7.17. The van der Waals surface area contributed by atoms with E-state index in [0.29, 0.717) is 10.7 Å². The van der Waals surface area contributed by atoms with Crippen LogP contribution in [0.3, 0.4) is 0 Å². The van der Waals surface area contributed by atoms with Crippen molar-refractivity contribution in [3.63, 3.8) is 0 Å². The molecule has 0 unspecified atom stereocenters. The van der Waals surface area contributed by atoms with Crippen molar-refractivity contribution in [2.45, 2.75) is 77.6 Å². The van der Waals surface area contributed by atoms with Gasteiger partial charge in [-0.3, -0.25) is 14.1 Å². The zero-order chi connectivity index (χ0) is 22.4. The van der Waals surface area contributed by atoms with Crippen molar-refractivity contribution in [3.05, 3.63) is 24.3 Å². The molecule has 0 aliphatic heterocycles. The number of benzene rings is 1. The number of aliphatic carboxylic acids is 1. The molecular weight excluding hydrogens is 410 g/mol. The number of unbranched alkanes of at least 4 members (excludes halogenated alkanes) is 7. The molecule has 8 nitrogen and oxygen atoms in total. The number of carbonyl (C=O) groups is 2. The minimum Gasteiger partial charge on any atom is -0.491 e. The number of rotatable bonds is 16. The number of nitrogens with zero attached hydrogens (tertiary/aromatic N) is 1. The molecule has 1 amide bonds. The van der Waals surface area contributed by atoms with Gasteiger partial charge in [-0.1, -0.05) is 64.0 Å². The molecule has 0 saturated heterocycles. The summed E-state index contributed by atoms with van der Waals surface area (Å²) in [6, 6.07) is 5.96. The van der Waals surface area contributed by atoms with Gasteiger partial charge in [-0.05, 0) is 25.0 Å². The first-order chi connectivity index (χ1) is 14.3. The van der Waals surface area contributed by atoms with Gasteiger partial charge < -0.3 is 9.84 Å². The Hall–Kier alpha value is -2.13. The van der Waals surface area contributed by atoms with E-state index in [9.17, 15) is 22.6 Å². The van der Waals surface area contributed by atoms with Crippen LogP contribution in [-0.2, 0) is 19.9 Å². The summed E-state index contributed by atoms with van der Waals surface area (Å²) < 4.78 is 39.3. The van der Waals surface area contributed by atoms with Crippen LogP contribution in [0.1, 0.15) is 77.6 Å². The number of anilines is 1. The summed E-state index contributed by atoms with van der Waals surface area (Å²) >= 11 is 0. The van der Waals surface area contributed by atoms with Crippen molar-refractivity contribution in [3.8, 4) is 5.75 Å². The summed E-state index contributed by atoms with van der Waals surface area (Å²) in [5.74, 6) is -1.61. The second kappa shape index (κ2) is 14.0. The van der Waals surface area contributed by atoms with Gasteiger partial charge in [0, 0.05) is 12.8 Å². The maximum atomic E-state index is 12.6. The van der Waals surface area contributed by atoms with Crippen LogP contribution in [0.2, 0.25) is 0 Å². The number of carboxylic acids is 1. The Labute approximate surface area is 179 Å². The Kier molecular flexibility index (Phi) is 12.1. The summed E-state index contributed by atoms with van der Waals surface area (Å²) in [5.41, 5.74) is -0.0834. The van der Waals surface area contributed by atoms with Gasteiger partial charge in [-0.25, -0.2) is 0 Å². The van der Waals surface area contributed by atoms with E-state index in [0.717, 1.165) is 25.7 Å². The van der Waals surface area contributed by atoms with Gasteiger partial charge in [-0.15, -0.1) is 0 Å². The van der Waals surface area contributed by atoms with Crippen molar-refractivity contribution in [1.29, 1.82) is 0 Å². The molecule has 0 spiro atoms. The molecule has 0 fully saturated rings. The van der Waals surface area contributed by atoms with Crippen molar-refractivity contribution in [1.82, 2.24) is 0 Å². The molecule has 0 radical (unpaired) electrons. The first-order valence-corrected chi connectivity index (χ1v) is 11.9. The zero-order valence-corrected chi connectivity index (χ0v) is 18.4. The number of ether oxygens (including phenoxy) is 1. The number of para-hydroxylation sites is 2. The molecular formula is C21H33NO7S. The molecule has 1 rings (SSSR count). The molecule has 9 heteroatoms. The predicted molar refractivity (Wildman–Crippen MR) is 115 cm³/mol. The van der Waals surface area contributed by atoms with Gasteiger partial charge in [0.2, 0.25) is 5.91 Å². The highest BCUT2D eigenvalue weighted by molar-refractivity contribution is 7.88. The third kappa shape index (κ3) is 10.1. The van der Waals surface area contributed by atoms with E-state index < -0.39 is 22.2 Å². The molecule has 170 valence electrons. The summed E-state index contributed by atoms with van der Waals surface area (Å²) in [4.78, 5) is 23.2. The van der Waals surface area contributed by atoms with E-state index in [-0.39, 0.29) is 37.3 Å². The van der Waals surface area contributed by atoms with Crippen LogP contribution in [0.25, 0.3) is 0 Å². The molecule has 0 atom stereocenters. The highest BCUT2D eigenvalue weighted by Crippen LogP contribution is 2.31. The Morgan fingerprint density at radius 2 is 1.53 bits per heavy atom. The lowest BCUT2D eigenvalue weighted by molar-refractivity contribution is -0.137. The standard InChI is InChI=1S/C21H33NO7S/c1-2-3-4-5-6-7-8-9-15-20(23)22(30(26,27)28)18-13-10-11-14-19(18)29-17-12-16-21(24)25/h10-11,13-14H,2-9,12,15-17H2,1H3,(H,24,25)(H,26,27,28). The van der Waals surface area contributed by atoms with E-state index in [1.807, 2.05) is 0 Å². The van der Waals surface area contributed by atoms with Crippen molar-refractivity contribution < 1.29 is 32.4 Å². The average molecular weight is 444 g/mol. The summed E-state index contributed by atoms with van der Waals surface area (Å²) in [5, 5.41) is 8.69. The molecule has 0 aromatic heterocycles. The monoisotopic (exact) mass is 443 g/mol. The first-order valence-electron chi connectivity index (χ1n) is 10.5. The van der Waals surface area contributed by atoms with Gasteiger partial charge in [-0.2, -0.15) is 12.7 Å². The highest BCUT2D eigenvalue weighted by Gasteiger charge is 2.29. The quantitative estimate of drug-likeness (QED) is 0.283. The smallest absolute Gasteiger partial charge is 0.366 e. The fraction of sp³-hybridized carbons (Fsp3) is 0.619. The normalized spacial score (nSPS) is 11.3. The molecule has 0 heterocycles. The lowest BCUT2D eigenvalue weighted by Gasteiger charge is -2.21. The minimum atomic E-state index is -4.83. The minimum absolute atomic E-state index is 0.0118. The topological polar surface area (TPSA) is 121 Å². The lowest BCUT2D eigenvalue weighted by atomic mass is 10.1. The van der Waals surface area contributed by atoms with E-state index in [2.05, 4.69) is 6.92 Å². The Morgan fingerprint density at radius 1 is 0.933 bits per heavy atom. The molecule has 30 heavy (non-hydrogen) atoms. The molecule has 0 bridgehead atoms. The zero-order valence-electron chi connectivity index (χ0n) is 17.6. The van der Waals surface area contributed by atoms with Gasteiger partial charge >= 0.3 is 16.3 Å². The summed E-state index contributed by atoms with van der Waals surface area (Å²) in [6.07, 6.45) is 8.29. The number of carbonyl (C=O) groups excluding carboxylic acids is 1. The number of carboxylic acid groups (broad SMARTS) is 1. The Morgan fingerprint density at radius 3 is 2.13 bits per heavy atom. The molecule has 0 aliphatic carbocycles. The van der Waals surface area contributed by atoms with Crippen LogP contribution in [0.5, 0.6) is 5.75 Å². The van der Waals surface area contributed by atoms with Crippen molar-refractivity contribution in [2.75, 3.05) is 10.9 Å². The van der Waals surface area contributed by atoms with Crippen LogP contribution in [-0.4, -0.2) is 36.6 Å². The molecule has 0 saturated carbocycles. The van der Waals surface area contributed by atoms with Crippen LogP contribution in [0.15, 0.2) is 24.3 Å². The van der Waals surface area contributed by atoms with Crippen LogP contribution in [0.4, 0.5) is 5.69 Å². The molecule has 2 N–H and O–H groups in total. The predicted octanol–water partition coefficient (Wildman–Crippen LogP) is 4.60.